The minimum Gasteiger partial charge on any atom is -0.477 e. The standard InChI is InChI=1S/C21H22ClF3N6O2/c1-11(2)9-33-17-6-13(5-12(3)27-17)28-19(32)30-10-20(4,21(23,24)25)18-14(30)8-26-16-7-15(22)29-31(16)18/h5-8,11H,9-10H2,1-4H3,(H,27,28,32)/t20-/m1/s1. The fourth-order valence-electron chi connectivity index (χ4n) is 3.72. The first-order valence-corrected chi connectivity index (χ1v) is 10.6. The minimum atomic E-state index is -4.66. The van der Waals surface area contributed by atoms with Crippen molar-refractivity contribution in [1.82, 2.24) is 19.6 Å². The van der Waals surface area contributed by atoms with Crippen molar-refractivity contribution < 1.29 is 22.7 Å². The molecule has 0 aliphatic carbocycles. The van der Waals surface area contributed by atoms with Crippen molar-refractivity contribution in [2.75, 3.05) is 23.4 Å². The van der Waals surface area contributed by atoms with E-state index in [2.05, 4.69) is 20.4 Å². The summed E-state index contributed by atoms with van der Waals surface area (Å²) in [6, 6.07) is 3.75. The third-order valence-corrected chi connectivity index (χ3v) is 5.52. The van der Waals surface area contributed by atoms with Gasteiger partial charge in [-0.2, -0.15) is 18.3 Å². The van der Waals surface area contributed by atoms with Gasteiger partial charge in [-0.1, -0.05) is 25.4 Å². The number of rotatable bonds is 4. The Morgan fingerprint density at radius 2 is 2.06 bits per heavy atom. The zero-order valence-corrected chi connectivity index (χ0v) is 19.1. The van der Waals surface area contributed by atoms with E-state index in [4.69, 9.17) is 16.3 Å². The zero-order chi connectivity index (χ0) is 24.1. The summed E-state index contributed by atoms with van der Waals surface area (Å²) < 4.78 is 49.3. The highest BCUT2D eigenvalue weighted by Crippen LogP contribution is 2.50. The number of ether oxygens (including phenoxy) is 1. The number of nitrogens with zero attached hydrogens (tertiary/aromatic N) is 5. The molecule has 8 nitrogen and oxygen atoms in total. The van der Waals surface area contributed by atoms with Crippen LogP contribution in [0.15, 0.2) is 24.4 Å². The number of anilines is 2. The van der Waals surface area contributed by atoms with Gasteiger partial charge in [-0.25, -0.2) is 19.3 Å². The van der Waals surface area contributed by atoms with E-state index in [0.29, 0.717) is 23.9 Å². The number of carbonyl (C=O) groups excluding carboxylic acids is 1. The molecule has 3 aromatic rings. The quantitative estimate of drug-likeness (QED) is 0.566. The third-order valence-electron chi connectivity index (χ3n) is 5.34. The molecule has 1 atom stereocenters. The molecule has 0 bridgehead atoms. The molecule has 0 unspecified atom stereocenters. The van der Waals surface area contributed by atoms with Crippen LogP contribution >= 0.6 is 11.6 Å². The van der Waals surface area contributed by atoms with Gasteiger partial charge >= 0.3 is 12.2 Å². The molecular weight excluding hydrogens is 461 g/mol. The number of aryl methyl sites for hydroxylation is 1. The molecule has 176 valence electrons. The molecule has 0 saturated carbocycles. The van der Waals surface area contributed by atoms with Gasteiger partial charge in [0.15, 0.2) is 10.8 Å². The lowest BCUT2D eigenvalue weighted by Crippen LogP contribution is -2.46. The van der Waals surface area contributed by atoms with Gasteiger partial charge in [-0.3, -0.25) is 4.90 Å². The van der Waals surface area contributed by atoms with E-state index in [-0.39, 0.29) is 28.1 Å². The summed E-state index contributed by atoms with van der Waals surface area (Å²) in [7, 11) is 0. The normalized spacial score (nSPS) is 18.2. The average molecular weight is 483 g/mol. The average Bonchev–Trinajstić information content (AvgIpc) is 3.23. The number of hydrogen-bond acceptors (Lipinski definition) is 5. The maximum Gasteiger partial charge on any atom is 0.401 e. The van der Waals surface area contributed by atoms with Crippen LogP contribution in [-0.2, 0) is 5.41 Å². The summed E-state index contributed by atoms with van der Waals surface area (Å²) in [5.41, 5.74) is -1.48. The van der Waals surface area contributed by atoms with Crippen molar-refractivity contribution in [3.63, 3.8) is 0 Å². The van der Waals surface area contributed by atoms with Gasteiger partial charge in [0.25, 0.3) is 0 Å². The lowest BCUT2D eigenvalue weighted by molar-refractivity contribution is -0.181. The Balaban J connectivity index is 1.70. The number of alkyl halides is 3. The monoisotopic (exact) mass is 482 g/mol. The predicted molar refractivity (Wildman–Crippen MR) is 117 cm³/mol. The molecule has 1 N–H and O–H groups in total. The van der Waals surface area contributed by atoms with Crippen molar-refractivity contribution in [2.45, 2.75) is 39.3 Å². The highest BCUT2D eigenvalue weighted by atomic mass is 35.5. The first kappa shape index (κ1) is 23.1. The van der Waals surface area contributed by atoms with Crippen molar-refractivity contribution in [1.29, 1.82) is 0 Å². The maximum absolute atomic E-state index is 14.2. The van der Waals surface area contributed by atoms with E-state index in [1.165, 1.54) is 18.3 Å². The molecule has 0 radical (unpaired) electrons. The highest BCUT2D eigenvalue weighted by Gasteiger charge is 2.60. The van der Waals surface area contributed by atoms with Crippen LogP contribution in [0.1, 0.15) is 32.2 Å². The number of pyridine rings is 1. The fourth-order valence-corrected chi connectivity index (χ4v) is 3.89. The number of aromatic nitrogens is 4. The smallest absolute Gasteiger partial charge is 0.401 e. The van der Waals surface area contributed by atoms with Crippen LogP contribution in [0.2, 0.25) is 5.15 Å². The van der Waals surface area contributed by atoms with Crippen molar-refractivity contribution in [3.8, 4) is 5.88 Å². The fraction of sp³-hybridized carbons (Fsp3) is 0.429. The SMILES string of the molecule is Cc1cc(NC(=O)N2C[C@@](C)(C(F)(F)F)c3c2cnc2cc(Cl)nn32)cc(OCC(C)C)n1. The first-order chi connectivity index (χ1) is 15.4. The Morgan fingerprint density at radius 3 is 2.73 bits per heavy atom. The van der Waals surface area contributed by atoms with Crippen LogP contribution in [0.4, 0.5) is 29.3 Å². The second-order valence-electron chi connectivity index (χ2n) is 8.62. The van der Waals surface area contributed by atoms with Crippen LogP contribution in [0.5, 0.6) is 5.88 Å². The number of hydrogen-bond donors (Lipinski definition) is 1. The lowest BCUT2D eigenvalue weighted by Gasteiger charge is -2.28. The molecule has 0 fully saturated rings. The summed E-state index contributed by atoms with van der Waals surface area (Å²) in [4.78, 5) is 22.5. The Labute approximate surface area is 192 Å². The molecular formula is C21H22ClF3N6O2. The van der Waals surface area contributed by atoms with E-state index >= 15 is 0 Å². The Bertz CT molecular complexity index is 1230. The van der Waals surface area contributed by atoms with Crippen LogP contribution in [0.25, 0.3) is 5.65 Å². The summed E-state index contributed by atoms with van der Waals surface area (Å²) in [5, 5.41) is 6.62. The first-order valence-electron chi connectivity index (χ1n) is 10.2. The van der Waals surface area contributed by atoms with Gasteiger partial charge in [0.05, 0.1) is 24.2 Å². The van der Waals surface area contributed by atoms with Gasteiger partial charge in [0.2, 0.25) is 5.88 Å². The maximum atomic E-state index is 14.2. The van der Waals surface area contributed by atoms with Gasteiger partial charge in [-0.15, -0.1) is 0 Å². The Morgan fingerprint density at radius 1 is 1.33 bits per heavy atom. The number of halogens is 4. The summed E-state index contributed by atoms with van der Waals surface area (Å²) in [6.45, 7) is 6.52. The van der Waals surface area contributed by atoms with Crippen molar-refractivity contribution in [3.05, 3.63) is 40.9 Å². The topological polar surface area (TPSA) is 84.7 Å². The molecule has 2 amide bonds. The second kappa shape index (κ2) is 8.05. The molecule has 1 aliphatic rings. The molecule has 0 aromatic carbocycles. The van der Waals surface area contributed by atoms with Crippen LogP contribution in [0, 0.1) is 12.8 Å². The van der Waals surface area contributed by atoms with E-state index < -0.39 is 24.2 Å². The number of carbonyl (C=O) groups is 1. The summed E-state index contributed by atoms with van der Waals surface area (Å²) >= 11 is 5.91. The van der Waals surface area contributed by atoms with Crippen molar-refractivity contribution in [2.24, 2.45) is 5.92 Å². The molecule has 33 heavy (non-hydrogen) atoms. The van der Waals surface area contributed by atoms with Crippen molar-refractivity contribution >= 4 is 34.7 Å². The van der Waals surface area contributed by atoms with Gasteiger partial charge in [0, 0.05) is 30.1 Å². The van der Waals surface area contributed by atoms with Gasteiger partial charge in [0.1, 0.15) is 5.41 Å². The van der Waals surface area contributed by atoms with E-state index in [1.807, 2.05) is 13.8 Å². The largest absolute Gasteiger partial charge is 0.477 e. The number of nitrogens with one attached hydrogen (secondary N) is 1. The summed E-state index contributed by atoms with van der Waals surface area (Å²) in [5.74, 6) is 0.585. The molecule has 4 heterocycles. The van der Waals surface area contributed by atoms with Crippen LogP contribution in [0.3, 0.4) is 0 Å². The van der Waals surface area contributed by atoms with Crippen LogP contribution in [-0.4, -0.2) is 44.9 Å². The molecule has 0 spiro atoms. The zero-order valence-electron chi connectivity index (χ0n) is 18.4. The molecule has 4 rings (SSSR count). The Kier molecular flexibility index (Phi) is 5.63. The number of amides is 2. The minimum absolute atomic E-state index is 0.00153. The van der Waals surface area contributed by atoms with E-state index in [9.17, 15) is 18.0 Å². The van der Waals surface area contributed by atoms with Gasteiger partial charge < -0.3 is 10.1 Å². The predicted octanol–water partition coefficient (Wildman–Crippen LogP) is 4.99. The van der Waals surface area contributed by atoms with E-state index in [1.54, 1.807) is 13.0 Å². The molecule has 0 saturated heterocycles. The van der Waals surface area contributed by atoms with Crippen LogP contribution < -0.4 is 15.0 Å². The molecule has 3 aromatic heterocycles. The van der Waals surface area contributed by atoms with Gasteiger partial charge in [-0.05, 0) is 25.8 Å². The Hall–Kier alpha value is -3.08. The number of fused-ring (bicyclic) bond motifs is 3. The second-order valence-corrected chi connectivity index (χ2v) is 9.00. The molecule has 1 aliphatic heterocycles. The summed E-state index contributed by atoms with van der Waals surface area (Å²) in [6.07, 6.45) is -3.43. The number of urea groups is 1. The third kappa shape index (κ3) is 4.17. The highest BCUT2D eigenvalue weighted by molar-refractivity contribution is 6.29. The lowest BCUT2D eigenvalue weighted by atomic mass is 9.88. The van der Waals surface area contributed by atoms with E-state index in [0.717, 1.165) is 16.3 Å². The molecule has 12 heteroatoms.